The van der Waals surface area contributed by atoms with Crippen molar-refractivity contribution in [3.05, 3.63) is 53.3 Å². The summed E-state index contributed by atoms with van der Waals surface area (Å²) in [6.45, 7) is 5.71. The predicted molar refractivity (Wildman–Crippen MR) is 75.6 cm³/mol. The Hall–Kier alpha value is -2.23. The second-order valence-electron chi connectivity index (χ2n) is 4.54. The molecule has 0 aliphatic rings. The van der Waals surface area contributed by atoms with Gasteiger partial charge in [0.05, 0.1) is 5.56 Å². The molecule has 2 aromatic rings. The summed E-state index contributed by atoms with van der Waals surface area (Å²) < 4.78 is 2.12. The van der Waals surface area contributed by atoms with Crippen LogP contribution in [0.3, 0.4) is 0 Å². The highest BCUT2D eigenvalue weighted by atomic mass is 16.4. The smallest absolute Gasteiger partial charge is 0.335 e. The van der Waals surface area contributed by atoms with Crippen LogP contribution < -0.4 is 5.32 Å². The van der Waals surface area contributed by atoms with E-state index in [9.17, 15) is 4.79 Å². The van der Waals surface area contributed by atoms with Crippen molar-refractivity contribution < 1.29 is 9.90 Å². The molecule has 0 radical (unpaired) electrons. The molecule has 19 heavy (non-hydrogen) atoms. The Kier molecular flexibility index (Phi) is 3.90. The largest absolute Gasteiger partial charge is 0.478 e. The molecule has 0 atom stereocenters. The van der Waals surface area contributed by atoms with Gasteiger partial charge < -0.3 is 15.0 Å². The van der Waals surface area contributed by atoms with Crippen molar-refractivity contribution in [2.75, 3.05) is 5.32 Å². The topological polar surface area (TPSA) is 54.3 Å². The molecule has 1 heterocycles. The molecule has 0 saturated carbocycles. The van der Waals surface area contributed by atoms with Gasteiger partial charge >= 0.3 is 5.97 Å². The third kappa shape index (κ3) is 3.16. The van der Waals surface area contributed by atoms with Crippen molar-refractivity contribution in [3.8, 4) is 0 Å². The maximum Gasteiger partial charge on any atom is 0.335 e. The standard InChI is InChI=1S/C15H18N2O2/c1-3-17-7-6-12(10-17)9-16-14-5-4-13(15(18)19)8-11(14)2/h4-8,10,16H,3,9H2,1-2H3,(H,18,19). The maximum atomic E-state index is 10.9. The highest BCUT2D eigenvalue weighted by molar-refractivity contribution is 5.88. The molecule has 2 rings (SSSR count). The Morgan fingerprint density at radius 1 is 1.37 bits per heavy atom. The SMILES string of the molecule is CCn1ccc(CNc2ccc(C(=O)O)cc2C)c1. The summed E-state index contributed by atoms with van der Waals surface area (Å²) >= 11 is 0. The summed E-state index contributed by atoms with van der Waals surface area (Å²) in [6.07, 6.45) is 4.16. The van der Waals surface area contributed by atoms with E-state index in [0.717, 1.165) is 24.3 Å². The number of hydrogen-bond donors (Lipinski definition) is 2. The van der Waals surface area contributed by atoms with Gasteiger partial charge in [-0.1, -0.05) is 0 Å². The number of aryl methyl sites for hydroxylation is 2. The first-order valence-electron chi connectivity index (χ1n) is 6.32. The van der Waals surface area contributed by atoms with E-state index in [0.29, 0.717) is 5.56 Å². The first kappa shape index (κ1) is 13.2. The fourth-order valence-corrected chi connectivity index (χ4v) is 1.98. The minimum atomic E-state index is -0.894. The number of nitrogens with one attached hydrogen (secondary N) is 1. The van der Waals surface area contributed by atoms with Crippen LogP contribution in [0, 0.1) is 6.92 Å². The summed E-state index contributed by atoms with van der Waals surface area (Å²) in [5.74, 6) is -0.894. The van der Waals surface area contributed by atoms with Gasteiger partial charge in [-0.25, -0.2) is 4.79 Å². The molecule has 0 spiro atoms. The van der Waals surface area contributed by atoms with Gasteiger partial charge in [0.1, 0.15) is 0 Å². The Bertz CT molecular complexity index is 588. The number of hydrogen-bond acceptors (Lipinski definition) is 2. The molecule has 0 bridgehead atoms. The van der Waals surface area contributed by atoms with Crippen molar-refractivity contribution in [2.24, 2.45) is 0 Å². The second kappa shape index (κ2) is 5.61. The fourth-order valence-electron chi connectivity index (χ4n) is 1.98. The summed E-state index contributed by atoms with van der Waals surface area (Å²) in [5, 5.41) is 12.2. The predicted octanol–water partition coefficient (Wildman–Crippen LogP) is 3.13. The number of carbonyl (C=O) groups is 1. The number of carboxylic acids is 1. The summed E-state index contributed by atoms with van der Waals surface area (Å²) in [7, 11) is 0. The Balaban J connectivity index is 2.05. The molecule has 4 nitrogen and oxygen atoms in total. The maximum absolute atomic E-state index is 10.9. The molecule has 0 unspecified atom stereocenters. The first-order chi connectivity index (χ1) is 9.10. The molecule has 0 aliphatic heterocycles. The van der Waals surface area contributed by atoms with Crippen LogP contribution in [0.25, 0.3) is 0 Å². The van der Waals surface area contributed by atoms with E-state index in [2.05, 4.69) is 35.3 Å². The molecule has 1 aromatic carbocycles. The molecule has 1 aromatic heterocycles. The van der Waals surface area contributed by atoms with Gasteiger partial charge in [0.2, 0.25) is 0 Å². The van der Waals surface area contributed by atoms with Crippen LogP contribution in [0.4, 0.5) is 5.69 Å². The molecular weight excluding hydrogens is 240 g/mol. The monoisotopic (exact) mass is 258 g/mol. The van der Waals surface area contributed by atoms with Gasteiger partial charge in [0.25, 0.3) is 0 Å². The number of anilines is 1. The highest BCUT2D eigenvalue weighted by Gasteiger charge is 2.05. The van der Waals surface area contributed by atoms with Crippen LogP contribution in [0.5, 0.6) is 0 Å². The summed E-state index contributed by atoms with van der Waals surface area (Å²) in [5.41, 5.74) is 3.44. The van der Waals surface area contributed by atoms with Crippen LogP contribution in [0.2, 0.25) is 0 Å². The van der Waals surface area contributed by atoms with Gasteiger partial charge in [-0.05, 0) is 49.2 Å². The zero-order valence-corrected chi connectivity index (χ0v) is 11.2. The lowest BCUT2D eigenvalue weighted by molar-refractivity contribution is 0.0697. The number of aromatic nitrogens is 1. The van der Waals surface area contributed by atoms with Crippen LogP contribution in [0.15, 0.2) is 36.7 Å². The number of carboxylic acid groups (broad SMARTS) is 1. The van der Waals surface area contributed by atoms with Crippen LogP contribution >= 0.6 is 0 Å². The molecule has 0 amide bonds. The van der Waals surface area contributed by atoms with Crippen LogP contribution in [0.1, 0.15) is 28.4 Å². The van der Waals surface area contributed by atoms with Gasteiger partial charge in [0.15, 0.2) is 0 Å². The van der Waals surface area contributed by atoms with E-state index < -0.39 is 5.97 Å². The Morgan fingerprint density at radius 2 is 2.16 bits per heavy atom. The number of nitrogens with zero attached hydrogens (tertiary/aromatic N) is 1. The lowest BCUT2D eigenvalue weighted by Crippen LogP contribution is -2.02. The van der Waals surface area contributed by atoms with Gasteiger partial charge in [0, 0.05) is 31.2 Å². The summed E-state index contributed by atoms with van der Waals surface area (Å²) in [4.78, 5) is 10.9. The zero-order valence-electron chi connectivity index (χ0n) is 11.2. The molecular formula is C15H18N2O2. The number of aromatic carboxylic acids is 1. The molecule has 0 saturated heterocycles. The lowest BCUT2D eigenvalue weighted by Gasteiger charge is -2.09. The van der Waals surface area contributed by atoms with Crippen molar-refractivity contribution in [3.63, 3.8) is 0 Å². The van der Waals surface area contributed by atoms with Gasteiger partial charge in [-0.15, -0.1) is 0 Å². The Morgan fingerprint density at radius 3 is 2.74 bits per heavy atom. The van der Waals surface area contributed by atoms with Crippen LogP contribution in [-0.4, -0.2) is 15.6 Å². The zero-order chi connectivity index (χ0) is 13.8. The quantitative estimate of drug-likeness (QED) is 0.866. The summed E-state index contributed by atoms with van der Waals surface area (Å²) in [6, 6.07) is 7.20. The van der Waals surface area contributed by atoms with Crippen LogP contribution in [-0.2, 0) is 13.1 Å². The fraction of sp³-hybridized carbons (Fsp3) is 0.267. The van der Waals surface area contributed by atoms with E-state index in [1.807, 2.05) is 13.0 Å². The molecule has 0 aliphatic carbocycles. The average molecular weight is 258 g/mol. The first-order valence-corrected chi connectivity index (χ1v) is 6.32. The van der Waals surface area contributed by atoms with E-state index in [1.54, 1.807) is 12.1 Å². The lowest BCUT2D eigenvalue weighted by atomic mass is 10.1. The van der Waals surface area contributed by atoms with E-state index >= 15 is 0 Å². The molecule has 4 heteroatoms. The molecule has 100 valence electrons. The normalized spacial score (nSPS) is 10.4. The van der Waals surface area contributed by atoms with E-state index in [4.69, 9.17) is 5.11 Å². The van der Waals surface area contributed by atoms with Gasteiger partial charge in [-0.2, -0.15) is 0 Å². The van der Waals surface area contributed by atoms with Crippen molar-refractivity contribution >= 4 is 11.7 Å². The third-order valence-corrected chi connectivity index (χ3v) is 3.13. The van der Waals surface area contributed by atoms with Crippen molar-refractivity contribution in [1.29, 1.82) is 0 Å². The van der Waals surface area contributed by atoms with E-state index in [-0.39, 0.29) is 0 Å². The van der Waals surface area contributed by atoms with Gasteiger partial charge in [-0.3, -0.25) is 0 Å². The van der Waals surface area contributed by atoms with Crippen molar-refractivity contribution in [2.45, 2.75) is 26.9 Å². The highest BCUT2D eigenvalue weighted by Crippen LogP contribution is 2.17. The van der Waals surface area contributed by atoms with Crippen molar-refractivity contribution in [1.82, 2.24) is 4.57 Å². The Labute approximate surface area is 112 Å². The second-order valence-corrected chi connectivity index (χ2v) is 4.54. The molecule has 2 N–H and O–H groups in total. The number of benzene rings is 1. The third-order valence-electron chi connectivity index (χ3n) is 3.13. The minimum absolute atomic E-state index is 0.320. The van der Waals surface area contributed by atoms with E-state index in [1.165, 1.54) is 5.56 Å². The number of rotatable bonds is 5. The molecule has 0 fully saturated rings. The average Bonchev–Trinajstić information content (AvgIpc) is 2.85. The minimum Gasteiger partial charge on any atom is -0.478 e.